The smallest absolute Gasteiger partial charge is 0.321 e. The standard InChI is InChI=1S/C24H19N3O3/c28-23(22(18-8-3-1-4-9-18)29-20-10-5-2-6-11-20)27-19-12-14-21(15-13-19)30-24-25-16-7-17-26-24/h1-17,22H,(H,27,28). The van der Waals surface area contributed by atoms with E-state index in [-0.39, 0.29) is 11.9 Å². The van der Waals surface area contributed by atoms with Crippen LogP contribution in [0.5, 0.6) is 17.5 Å². The number of rotatable bonds is 7. The van der Waals surface area contributed by atoms with E-state index >= 15 is 0 Å². The van der Waals surface area contributed by atoms with Crippen molar-refractivity contribution in [2.45, 2.75) is 6.10 Å². The zero-order valence-corrected chi connectivity index (χ0v) is 16.0. The number of anilines is 1. The molecule has 1 aromatic heterocycles. The van der Waals surface area contributed by atoms with Crippen molar-refractivity contribution < 1.29 is 14.3 Å². The van der Waals surface area contributed by atoms with Gasteiger partial charge in [0.2, 0.25) is 6.10 Å². The van der Waals surface area contributed by atoms with Crippen molar-refractivity contribution in [2.24, 2.45) is 0 Å². The molecule has 0 saturated carbocycles. The van der Waals surface area contributed by atoms with E-state index in [0.717, 1.165) is 5.56 Å². The van der Waals surface area contributed by atoms with Crippen LogP contribution in [0.4, 0.5) is 5.69 Å². The fraction of sp³-hybridized carbons (Fsp3) is 0.0417. The summed E-state index contributed by atoms with van der Waals surface area (Å²) in [7, 11) is 0. The van der Waals surface area contributed by atoms with Crippen molar-refractivity contribution in [1.82, 2.24) is 9.97 Å². The van der Waals surface area contributed by atoms with Crippen LogP contribution in [0.15, 0.2) is 103 Å². The normalized spacial score (nSPS) is 11.3. The second-order valence-electron chi connectivity index (χ2n) is 6.37. The molecular formula is C24H19N3O3. The molecular weight excluding hydrogens is 378 g/mol. The number of amides is 1. The predicted molar refractivity (Wildman–Crippen MR) is 113 cm³/mol. The van der Waals surface area contributed by atoms with Gasteiger partial charge in [0.1, 0.15) is 11.5 Å². The molecule has 6 nitrogen and oxygen atoms in total. The zero-order chi connectivity index (χ0) is 20.6. The second-order valence-corrected chi connectivity index (χ2v) is 6.37. The third-order valence-corrected chi connectivity index (χ3v) is 4.21. The van der Waals surface area contributed by atoms with E-state index in [9.17, 15) is 4.79 Å². The van der Waals surface area contributed by atoms with Gasteiger partial charge in [-0.3, -0.25) is 4.79 Å². The second kappa shape index (κ2) is 9.34. The highest BCUT2D eigenvalue weighted by atomic mass is 16.5. The van der Waals surface area contributed by atoms with Crippen LogP contribution in [0.25, 0.3) is 0 Å². The first-order chi connectivity index (χ1) is 14.8. The van der Waals surface area contributed by atoms with E-state index in [4.69, 9.17) is 9.47 Å². The van der Waals surface area contributed by atoms with Crippen LogP contribution in [-0.2, 0) is 4.79 Å². The topological polar surface area (TPSA) is 73.3 Å². The van der Waals surface area contributed by atoms with Gasteiger partial charge >= 0.3 is 6.01 Å². The van der Waals surface area contributed by atoms with Crippen molar-refractivity contribution in [2.75, 3.05) is 5.32 Å². The molecule has 0 fully saturated rings. The first-order valence-corrected chi connectivity index (χ1v) is 9.40. The summed E-state index contributed by atoms with van der Waals surface area (Å²) < 4.78 is 11.6. The molecule has 1 heterocycles. The Morgan fingerprint density at radius 2 is 1.37 bits per heavy atom. The van der Waals surface area contributed by atoms with Crippen LogP contribution in [-0.4, -0.2) is 15.9 Å². The molecule has 0 bridgehead atoms. The van der Waals surface area contributed by atoms with E-state index in [0.29, 0.717) is 17.2 Å². The summed E-state index contributed by atoms with van der Waals surface area (Å²) >= 11 is 0. The molecule has 4 rings (SSSR count). The van der Waals surface area contributed by atoms with E-state index in [1.54, 1.807) is 42.7 Å². The maximum atomic E-state index is 13.0. The Morgan fingerprint density at radius 1 is 0.733 bits per heavy atom. The van der Waals surface area contributed by atoms with Gasteiger partial charge in [-0.1, -0.05) is 48.5 Å². The van der Waals surface area contributed by atoms with Gasteiger partial charge in [0, 0.05) is 23.6 Å². The lowest BCUT2D eigenvalue weighted by Gasteiger charge is -2.19. The summed E-state index contributed by atoms with van der Waals surface area (Å²) in [6, 6.07) is 27.6. The Morgan fingerprint density at radius 3 is 2.03 bits per heavy atom. The maximum Gasteiger partial charge on any atom is 0.321 e. The molecule has 3 aromatic carbocycles. The average molecular weight is 397 g/mol. The molecule has 0 spiro atoms. The Balaban J connectivity index is 1.48. The largest absolute Gasteiger partial charge is 0.476 e. The summed E-state index contributed by atoms with van der Waals surface area (Å²) in [6.07, 6.45) is 2.42. The molecule has 0 radical (unpaired) electrons. The molecule has 0 aliphatic rings. The lowest BCUT2D eigenvalue weighted by molar-refractivity contribution is -0.123. The van der Waals surface area contributed by atoms with E-state index < -0.39 is 6.10 Å². The number of aromatic nitrogens is 2. The van der Waals surface area contributed by atoms with Gasteiger partial charge in [0.05, 0.1) is 0 Å². The van der Waals surface area contributed by atoms with Gasteiger partial charge in [-0.25, -0.2) is 9.97 Å². The summed E-state index contributed by atoms with van der Waals surface area (Å²) in [5, 5.41) is 2.90. The Hall–Kier alpha value is -4.19. The number of hydrogen-bond donors (Lipinski definition) is 1. The van der Waals surface area contributed by atoms with Gasteiger partial charge < -0.3 is 14.8 Å². The minimum atomic E-state index is -0.790. The molecule has 30 heavy (non-hydrogen) atoms. The summed E-state index contributed by atoms with van der Waals surface area (Å²) in [6.45, 7) is 0. The van der Waals surface area contributed by atoms with Gasteiger partial charge in [-0.05, 0) is 42.5 Å². The van der Waals surface area contributed by atoms with Gasteiger partial charge in [0.25, 0.3) is 5.91 Å². The first kappa shape index (κ1) is 19.1. The minimum absolute atomic E-state index is 0.259. The Bertz CT molecular complexity index is 1070. The number of carbonyl (C=O) groups excluding carboxylic acids is 1. The van der Waals surface area contributed by atoms with Crippen LogP contribution >= 0.6 is 0 Å². The van der Waals surface area contributed by atoms with Crippen LogP contribution in [0, 0.1) is 0 Å². The Kier molecular flexibility index (Phi) is 5.96. The number of nitrogens with one attached hydrogen (secondary N) is 1. The van der Waals surface area contributed by atoms with Gasteiger partial charge in [0.15, 0.2) is 0 Å². The Labute approximate surface area is 174 Å². The predicted octanol–water partition coefficient (Wildman–Crippen LogP) is 5.03. The number of hydrogen-bond acceptors (Lipinski definition) is 5. The molecule has 148 valence electrons. The van der Waals surface area contributed by atoms with Crippen LogP contribution in [0.1, 0.15) is 11.7 Å². The van der Waals surface area contributed by atoms with Gasteiger partial charge in [-0.2, -0.15) is 0 Å². The number of para-hydroxylation sites is 1. The van der Waals surface area contributed by atoms with E-state index in [1.165, 1.54) is 0 Å². The van der Waals surface area contributed by atoms with Crippen LogP contribution < -0.4 is 14.8 Å². The third kappa shape index (κ3) is 4.99. The van der Waals surface area contributed by atoms with Crippen LogP contribution in [0.2, 0.25) is 0 Å². The highest BCUT2D eigenvalue weighted by molar-refractivity contribution is 5.95. The molecule has 0 saturated heterocycles. The summed E-state index contributed by atoms with van der Waals surface area (Å²) in [4.78, 5) is 21.0. The highest BCUT2D eigenvalue weighted by Crippen LogP contribution is 2.25. The van der Waals surface area contributed by atoms with Crippen molar-refractivity contribution in [3.8, 4) is 17.5 Å². The lowest BCUT2D eigenvalue weighted by atomic mass is 10.1. The monoisotopic (exact) mass is 397 g/mol. The van der Waals surface area contributed by atoms with Crippen LogP contribution in [0.3, 0.4) is 0 Å². The van der Waals surface area contributed by atoms with Crippen molar-refractivity contribution in [3.63, 3.8) is 0 Å². The highest BCUT2D eigenvalue weighted by Gasteiger charge is 2.22. The summed E-state index contributed by atoms with van der Waals surface area (Å²) in [5.41, 5.74) is 1.39. The quantitative estimate of drug-likeness (QED) is 0.474. The fourth-order valence-corrected chi connectivity index (χ4v) is 2.79. The molecule has 4 aromatic rings. The molecule has 0 aliphatic heterocycles. The third-order valence-electron chi connectivity index (χ3n) is 4.21. The van der Waals surface area contributed by atoms with E-state index in [2.05, 4.69) is 15.3 Å². The lowest BCUT2D eigenvalue weighted by Crippen LogP contribution is -2.25. The maximum absolute atomic E-state index is 13.0. The number of carbonyl (C=O) groups is 1. The summed E-state index contributed by atoms with van der Waals surface area (Å²) in [5.74, 6) is 0.914. The van der Waals surface area contributed by atoms with Crippen molar-refractivity contribution in [3.05, 3.63) is 109 Å². The molecule has 0 aliphatic carbocycles. The molecule has 1 atom stereocenters. The van der Waals surface area contributed by atoms with Crippen molar-refractivity contribution >= 4 is 11.6 Å². The SMILES string of the molecule is O=C(Nc1ccc(Oc2ncccn2)cc1)C(Oc1ccccc1)c1ccccc1. The van der Waals surface area contributed by atoms with Crippen molar-refractivity contribution in [1.29, 1.82) is 0 Å². The fourth-order valence-electron chi connectivity index (χ4n) is 2.79. The van der Waals surface area contributed by atoms with Gasteiger partial charge in [-0.15, -0.1) is 0 Å². The molecule has 1 unspecified atom stereocenters. The molecule has 1 N–H and O–H groups in total. The number of nitrogens with zero attached hydrogens (tertiary/aromatic N) is 2. The van der Waals surface area contributed by atoms with E-state index in [1.807, 2.05) is 60.7 Å². The average Bonchev–Trinajstić information content (AvgIpc) is 2.81. The first-order valence-electron chi connectivity index (χ1n) is 9.40. The molecule has 1 amide bonds. The zero-order valence-electron chi connectivity index (χ0n) is 16.0. The minimum Gasteiger partial charge on any atom is -0.476 e. The number of benzene rings is 3. The number of ether oxygens (including phenoxy) is 2. The molecule has 6 heteroatoms.